The molecule has 2 aromatic rings. The molecule has 1 heterocycles. The van der Waals surface area contributed by atoms with Gasteiger partial charge in [-0.2, -0.15) is 0 Å². The molecule has 0 saturated carbocycles. The second-order valence-corrected chi connectivity index (χ2v) is 7.22. The molecule has 1 aliphatic heterocycles. The zero-order valence-electron chi connectivity index (χ0n) is 11.7. The largest absolute Gasteiger partial charge is 0.374 e. The SMILES string of the molecule is OC1CCCCN1c1ccccc1Sc1ccc(Br)cc1. The van der Waals surface area contributed by atoms with E-state index in [1.807, 2.05) is 6.07 Å². The number of benzene rings is 2. The van der Waals surface area contributed by atoms with Gasteiger partial charge in [0.1, 0.15) is 6.23 Å². The monoisotopic (exact) mass is 363 g/mol. The van der Waals surface area contributed by atoms with Crippen LogP contribution in [0.1, 0.15) is 19.3 Å². The van der Waals surface area contributed by atoms with Gasteiger partial charge in [-0.1, -0.05) is 39.8 Å². The maximum atomic E-state index is 10.3. The van der Waals surface area contributed by atoms with Crippen LogP contribution in [0.25, 0.3) is 0 Å². The Bertz CT molecular complexity index is 602. The van der Waals surface area contributed by atoms with E-state index >= 15 is 0 Å². The van der Waals surface area contributed by atoms with Gasteiger partial charge in [-0.25, -0.2) is 0 Å². The number of hydrogen-bond donors (Lipinski definition) is 1. The molecular formula is C17H18BrNOS. The summed E-state index contributed by atoms with van der Waals surface area (Å²) >= 11 is 5.21. The molecule has 0 spiro atoms. The van der Waals surface area contributed by atoms with E-state index in [9.17, 15) is 5.11 Å². The molecule has 110 valence electrons. The molecule has 2 aromatic carbocycles. The van der Waals surface area contributed by atoms with Crippen molar-refractivity contribution in [2.45, 2.75) is 35.3 Å². The molecule has 0 radical (unpaired) electrons. The molecule has 2 nitrogen and oxygen atoms in total. The van der Waals surface area contributed by atoms with E-state index in [4.69, 9.17) is 0 Å². The van der Waals surface area contributed by atoms with Crippen molar-refractivity contribution in [3.8, 4) is 0 Å². The van der Waals surface area contributed by atoms with Gasteiger partial charge >= 0.3 is 0 Å². The Labute approximate surface area is 138 Å². The molecule has 0 amide bonds. The first kappa shape index (κ1) is 14.9. The van der Waals surface area contributed by atoms with Crippen molar-refractivity contribution < 1.29 is 5.11 Å². The number of piperidine rings is 1. The molecule has 0 aromatic heterocycles. The lowest BCUT2D eigenvalue weighted by Gasteiger charge is -2.35. The Kier molecular flexibility index (Phi) is 4.88. The third kappa shape index (κ3) is 3.62. The highest BCUT2D eigenvalue weighted by Crippen LogP contribution is 2.37. The summed E-state index contributed by atoms with van der Waals surface area (Å²) in [6.45, 7) is 0.930. The van der Waals surface area contributed by atoms with Gasteiger partial charge in [0.2, 0.25) is 0 Å². The van der Waals surface area contributed by atoms with Crippen molar-refractivity contribution in [2.24, 2.45) is 0 Å². The van der Waals surface area contributed by atoms with Gasteiger partial charge in [0.05, 0.1) is 5.69 Å². The van der Waals surface area contributed by atoms with Crippen LogP contribution in [0, 0.1) is 0 Å². The van der Waals surface area contributed by atoms with Crippen molar-refractivity contribution in [1.29, 1.82) is 0 Å². The van der Waals surface area contributed by atoms with Gasteiger partial charge in [0.25, 0.3) is 0 Å². The van der Waals surface area contributed by atoms with E-state index in [0.29, 0.717) is 0 Å². The summed E-state index contributed by atoms with van der Waals surface area (Å²) in [6.07, 6.45) is 2.76. The third-order valence-corrected chi connectivity index (χ3v) is 5.29. The number of hydrogen-bond acceptors (Lipinski definition) is 3. The lowest BCUT2D eigenvalue weighted by molar-refractivity contribution is 0.139. The van der Waals surface area contributed by atoms with Crippen molar-refractivity contribution in [3.63, 3.8) is 0 Å². The number of halogens is 1. The van der Waals surface area contributed by atoms with Crippen molar-refractivity contribution in [2.75, 3.05) is 11.4 Å². The average Bonchev–Trinajstić information content (AvgIpc) is 2.51. The van der Waals surface area contributed by atoms with Crippen LogP contribution in [0.3, 0.4) is 0 Å². The Morgan fingerprint density at radius 3 is 2.57 bits per heavy atom. The predicted molar refractivity (Wildman–Crippen MR) is 91.9 cm³/mol. The van der Waals surface area contributed by atoms with E-state index in [1.165, 1.54) is 9.79 Å². The van der Waals surface area contributed by atoms with E-state index in [-0.39, 0.29) is 6.23 Å². The van der Waals surface area contributed by atoms with Gasteiger partial charge in [-0.05, 0) is 55.7 Å². The van der Waals surface area contributed by atoms with Crippen molar-refractivity contribution in [3.05, 3.63) is 53.0 Å². The van der Waals surface area contributed by atoms with Crippen molar-refractivity contribution in [1.82, 2.24) is 0 Å². The van der Waals surface area contributed by atoms with Crippen LogP contribution in [0.4, 0.5) is 5.69 Å². The highest BCUT2D eigenvalue weighted by atomic mass is 79.9. The van der Waals surface area contributed by atoms with Gasteiger partial charge in [0, 0.05) is 20.8 Å². The Balaban J connectivity index is 1.86. The highest BCUT2D eigenvalue weighted by molar-refractivity contribution is 9.10. The standard InChI is InChI=1S/C17H18BrNOS/c18-13-8-10-14(11-9-13)21-16-6-2-1-5-15(16)19-12-4-3-7-17(19)20/h1-2,5-6,8-11,17,20H,3-4,7,12H2. The zero-order valence-corrected chi connectivity index (χ0v) is 14.1. The number of para-hydroxylation sites is 1. The molecule has 1 N–H and O–H groups in total. The summed E-state index contributed by atoms with van der Waals surface area (Å²) in [5.41, 5.74) is 1.14. The fourth-order valence-electron chi connectivity index (χ4n) is 2.61. The van der Waals surface area contributed by atoms with Gasteiger partial charge in [0.15, 0.2) is 0 Å². The average molecular weight is 364 g/mol. The van der Waals surface area contributed by atoms with Crippen LogP contribution in [-0.2, 0) is 0 Å². The quantitative estimate of drug-likeness (QED) is 0.837. The maximum absolute atomic E-state index is 10.3. The molecule has 1 fully saturated rings. The molecule has 1 unspecified atom stereocenters. The number of rotatable bonds is 3. The van der Waals surface area contributed by atoms with Crippen molar-refractivity contribution >= 4 is 33.4 Å². The maximum Gasteiger partial charge on any atom is 0.126 e. The first-order valence-electron chi connectivity index (χ1n) is 7.21. The minimum absolute atomic E-state index is 0.356. The summed E-state index contributed by atoms with van der Waals surface area (Å²) < 4.78 is 1.09. The highest BCUT2D eigenvalue weighted by Gasteiger charge is 2.22. The first-order chi connectivity index (χ1) is 10.2. The Morgan fingerprint density at radius 1 is 1.05 bits per heavy atom. The van der Waals surface area contributed by atoms with Gasteiger partial charge in [-0.15, -0.1) is 0 Å². The van der Waals surface area contributed by atoms with Crippen LogP contribution < -0.4 is 4.90 Å². The fourth-order valence-corrected chi connectivity index (χ4v) is 3.83. The molecule has 4 heteroatoms. The summed E-state index contributed by atoms with van der Waals surface area (Å²) in [5.74, 6) is 0. The van der Waals surface area contributed by atoms with E-state index < -0.39 is 0 Å². The number of aliphatic hydroxyl groups excluding tert-OH is 1. The second kappa shape index (κ2) is 6.86. The topological polar surface area (TPSA) is 23.5 Å². The summed E-state index contributed by atoms with van der Waals surface area (Å²) in [5, 5.41) is 10.3. The molecule has 21 heavy (non-hydrogen) atoms. The molecule has 3 rings (SSSR count). The van der Waals surface area contributed by atoms with Crippen LogP contribution in [0.5, 0.6) is 0 Å². The number of anilines is 1. The van der Waals surface area contributed by atoms with Crippen LogP contribution >= 0.6 is 27.7 Å². The summed E-state index contributed by atoms with van der Waals surface area (Å²) in [7, 11) is 0. The first-order valence-corrected chi connectivity index (χ1v) is 8.82. The molecule has 0 aliphatic carbocycles. The van der Waals surface area contributed by atoms with E-state index in [0.717, 1.165) is 36.0 Å². The van der Waals surface area contributed by atoms with Crippen LogP contribution in [0.15, 0.2) is 62.8 Å². The lowest BCUT2D eigenvalue weighted by Crippen LogP contribution is -2.39. The second-order valence-electron chi connectivity index (χ2n) is 5.19. The van der Waals surface area contributed by atoms with Gasteiger partial charge < -0.3 is 10.0 Å². The normalized spacial score (nSPS) is 18.8. The fraction of sp³-hybridized carbons (Fsp3) is 0.294. The minimum Gasteiger partial charge on any atom is -0.374 e. The Morgan fingerprint density at radius 2 is 1.81 bits per heavy atom. The smallest absolute Gasteiger partial charge is 0.126 e. The molecular weight excluding hydrogens is 346 g/mol. The summed E-state index contributed by atoms with van der Waals surface area (Å²) in [4.78, 5) is 4.53. The molecule has 1 atom stereocenters. The molecule has 0 bridgehead atoms. The molecule has 1 saturated heterocycles. The molecule has 1 aliphatic rings. The zero-order chi connectivity index (χ0) is 14.7. The predicted octanol–water partition coefficient (Wildman–Crippen LogP) is 4.91. The van der Waals surface area contributed by atoms with E-state index in [1.54, 1.807) is 11.8 Å². The van der Waals surface area contributed by atoms with Gasteiger partial charge in [-0.3, -0.25) is 0 Å². The minimum atomic E-state index is -0.356. The third-order valence-electron chi connectivity index (χ3n) is 3.69. The van der Waals surface area contributed by atoms with Crippen LogP contribution in [0.2, 0.25) is 0 Å². The Hall–Kier alpha value is -0.970. The number of aliphatic hydroxyl groups is 1. The summed E-state index contributed by atoms with van der Waals surface area (Å²) in [6, 6.07) is 16.7. The number of nitrogens with zero attached hydrogens (tertiary/aromatic N) is 1. The van der Waals surface area contributed by atoms with Crippen LogP contribution in [-0.4, -0.2) is 17.9 Å². The lowest BCUT2D eigenvalue weighted by atomic mass is 10.1. The van der Waals surface area contributed by atoms with E-state index in [2.05, 4.69) is 63.3 Å².